The van der Waals surface area contributed by atoms with E-state index in [9.17, 15) is 0 Å². The largest absolute Gasteiger partial charge is 0.344 e. The van der Waals surface area contributed by atoms with E-state index in [1.54, 1.807) is 0 Å². The number of rotatable bonds is 0. The SMILES string of the molecule is C=C.N.N.N=C=N. The molecule has 0 aliphatic heterocycles. The first-order valence-corrected chi connectivity index (χ1v) is 1.000. The van der Waals surface area contributed by atoms with E-state index in [4.69, 9.17) is 10.8 Å². The van der Waals surface area contributed by atoms with Gasteiger partial charge in [0.1, 0.15) is 0 Å². The van der Waals surface area contributed by atoms with Crippen LogP contribution in [0.4, 0.5) is 0 Å². The summed E-state index contributed by atoms with van der Waals surface area (Å²) in [7, 11) is 0. The van der Waals surface area contributed by atoms with Gasteiger partial charge < -0.3 is 12.3 Å². The molecule has 0 bridgehead atoms. The van der Waals surface area contributed by atoms with Crippen molar-refractivity contribution in [3.8, 4) is 0 Å². The molecule has 7 heavy (non-hydrogen) atoms. The maximum Gasteiger partial charge on any atom is 0.0831 e. The van der Waals surface area contributed by atoms with Crippen LogP contribution in [-0.4, -0.2) is 6.01 Å². The average Bonchev–Trinajstić information content (AvgIpc) is 1.46. The van der Waals surface area contributed by atoms with Crippen LogP contribution < -0.4 is 12.3 Å². The van der Waals surface area contributed by atoms with E-state index in [1.807, 2.05) is 0 Å². The lowest BCUT2D eigenvalue weighted by Gasteiger charge is -1.09. The molecule has 44 valence electrons. The molecule has 0 amide bonds. The van der Waals surface area contributed by atoms with Crippen molar-refractivity contribution in [2.24, 2.45) is 0 Å². The van der Waals surface area contributed by atoms with Crippen molar-refractivity contribution in [2.45, 2.75) is 0 Å². The summed E-state index contributed by atoms with van der Waals surface area (Å²) in [5, 5.41) is 11.2. The summed E-state index contributed by atoms with van der Waals surface area (Å²) in [6.45, 7) is 6.00. The Bertz CT molecular complexity index is 36.2. The van der Waals surface area contributed by atoms with Gasteiger partial charge in [-0.3, -0.25) is 0 Å². The van der Waals surface area contributed by atoms with Crippen LogP contribution >= 0.6 is 0 Å². The first-order chi connectivity index (χ1) is 2.41. The van der Waals surface area contributed by atoms with Gasteiger partial charge in [-0.15, -0.1) is 13.2 Å². The molecule has 0 aromatic rings. The summed E-state index contributed by atoms with van der Waals surface area (Å²) in [5.41, 5.74) is 0. The standard InChI is InChI=1S/C2H4.CH2N2.2H3N/c1-2;2-1-3;;/h1-2H2;2-3H;2*1H3. The lowest BCUT2D eigenvalue weighted by Crippen LogP contribution is -1.11. The molecule has 0 aromatic carbocycles. The van der Waals surface area contributed by atoms with Crippen LogP contribution in [0.15, 0.2) is 13.2 Å². The maximum absolute atomic E-state index is 5.62. The van der Waals surface area contributed by atoms with Gasteiger partial charge in [0.05, 0.1) is 6.01 Å². The Labute approximate surface area is 43.4 Å². The number of nitrogens with one attached hydrogen (secondary N) is 2. The van der Waals surface area contributed by atoms with Crippen LogP contribution in [-0.2, 0) is 0 Å². The Morgan fingerprint density at radius 2 is 1.00 bits per heavy atom. The minimum absolute atomic E-state index is 0. The van der Waals surface area contributed by atoms with Gasteiger partial charge in [-0.1, -0.05) is 0 Å². The van der Waals surface area contributed by atoms with Gasteiger partial charge in [0.15, 0.2) is 0 Å². The van der Waals surface area contributed by atoms with Gasteiger partial charge in [0.2, 0.25) is 0 Å². The third kappa shape index (κ3) is 50.5. The highest BCUT2D eigenvalue weighted by Gasteiger charge is 0.934. The number of hydrogen-bond acceptors (Lipinski definition) is 4. The molecule has 0 fully saturated rings. The first kappa shape index (κ1) is 36.9. The monoisotopic (exact) mass is 104 g/mol. The fourth-order valence-corrected chi connectivity index (χ4v) is 0. The topological polar surface area (TPSA) is 118 Å². The quantitative estimate of drug-likeness (QED) is 0.275. The Kier molecular flexibility index (Phi) is 271000. The van der Waals surface area contributed by atoms with E-state index in [0.29, 0.717) is 0 Å². The Balaban J connectivity index is -0.0000000105. The van der Waals surface area contributed by atoms with Crippen molar-refractivity contribution in [1.82, 2.24) is 12.3 Å². The van der Waals surface area contributed by atoms with Crippen LogP contribution in [0.25, 0.3) is 0 Å². The average molecular weight is 104 g/mol. The molecule has 0 atom stereocenters. The molecule has 0 saturated carbocycles. The Morgan fingerprint density at radius 1 is 1.00 bits per heavy atom. The van der Waals surface area contributed by atoms with Gasteiger partial charge >= 0.3 is 0 Å². The van der Waals surface area contributed by atoms with E-state index in [0.717, 1.165) is 0 Å². The van der Waals surface area contributed by atoms with Crippen LogP contribution in [0.2, 0.25) is 0 Å². The molecular weight excluding hydrogens is 92.1 g/mol. The molecule has 0 aliphatic carbocycles. The van der Waals surface area contributed by atoms with E-state index >= 15 is 0 Å². The van der Waals surface area contributed by atoms with Crippen LogP contribution in [0.1, 0.15) is 0 Å². The zero-order valence-corrected chi connectivity index (χ0v) is 4.33. The highest BCUT2D eigenvalue weighted by atomic mass is 14.4. The molecule has 0 saturated heterocycles. The lowest BCUT2D eigenvalue weighted by molar-refractivity contribution is 1.47. The van der Waals surface area contributed by atoms with Crippen molar-refractivity contribution in [3.05, 3.63) is 13.2 Å². The molecule has 0 radical (unpaired) electrons. The Hall–Kier alpha value is -0.960. The third-order valence-corrected chi connectivity index (χ3v) is 0. The van der Waals surface area contributed by atoms with Crippen molar-refractivity contribution >= 4 is 6.01 Å². The van der Waals surface area contributed by atoms with Gasteiger partial charge in [0.25, 0.3) is 0 Å². The molecular formula is C3H12N4. The molecule has 0 spiro atoms. The highest BCUT2D eigenvalue weighted by Crippen LogP contribution is 0.920. The first-order valence-electron chi connectivity index (χ1n) is 1.000. The fraction of sp³-hybridized carbons (Fsp3) is 0. The zero-order chi connectivity index (χ0) is 4.71. The second-order valence-corrected chi connectivity index (χ2v) is 0.125. The van der Waals surface area contributed by atoms with Gasteiger partial charge in [-0.25, -0.2) is 10.8 Å². The van der Waals surface area contributed by atoms with Gasteiger partial charge in [0, 0.05) is 0 Å². The predicted octanol–water partition coefficient (Wildman–Crippen LogP) is 1.44. The van der Waals surface area contributed by atoms with Crippen molar-refractivity contribution in [1.29, 1.82) is 10.8 Å². The van der Waals surface area contributed by atoms with Gasteiger partial charge in [-0.05, 0) is 0 Å². The summed E-state index contributed by atoms with van der Waals surface area (Å²) in [6.07, 6.45) is 0. The van der Waals surface area contributed by atoms with Crippen molar-refractivity contribution in [2.75, 3.05) is 0 Å². The normalized spacial score (nSPS) is 1.71. The van der Waals surface area contributed by atoms with Crippen molar-refractivity contribution in [3.63, 3.8) is 0 Å². The Morgan fingerprint density at radius 3 is 1.00 bits per heavy atom. The molecule has 0 rings (SSSR count). The number of hydrogen-bond donors (Lipinski definition) is 4. The minimum atomic E-state index is 0. The molecule has 0 unspecified atom stereocenters. The summed E-state index contributed by atoms with van der Waals surface area (Å²) in [5.74, 6) is 0. The molecule has 4 heteroatoms. The van der Waals surface area contributed by atoms with Crippen molar-refractivity contribution < 1.29 is 0 Å². The predicted molar refractivity (Wildman–Crippen MR) is 31.7 cm³/mol. The highest BCUT2D eigenvalue weighted by molar-refractivity contribution is 5.29. The van der Waals surface area contributed by atoms with E-state index in [-0.39, 0.29) is 12.3 Å². The zero-order valence-electron chi connectivity index (χ0n) is 4.33. The second kappa shape index (κ2) is 51400. The van der Waals surface area contributed by atoms with E-state index < -0.39 is 0 Å². The van der Waals surface area contributed by atoms with Crippen LogP contribution in [0.3, 0.4) is 0 Å². The molecule has 4 nitrogen and oxygen atoms in total. The second-order valence-electron chi connectivity index (χ2n) is 0.125. The van der Waals surface area contributed by atoms with Crippen LogP contribution in [0.5, 0.6) is 0 Å². The lowest BCUT2D eigenvalue weighted by atomic mass is 11.3. The summed E-state index contributed by atoms with van der Waals surface area (Å²) < 4.78 is 0. The van der Waals surface area contributed by atoms with Crippen LogP contribution in [0, 0.1) is 10.8 Å². The maximum atomic E-state index is 5.62. The smallest absolute Gasteiger partial charge is 0.0831 e. The summed E-state index contributed by atoms with van der Waals surface area (Å²) in [6, 6.07) is 1.25. The molecule has 8 N–H and O–H groups in total. The minimum Gasteiger partial charge on any atom is -0.344 e. The third-order valence-electron chi connectivity index (χ3n) is 0. The van der Waals surface area contributed by atoms with Gasteiger partial charge in [-0.2, -0.15) is 0 Å². The summed E-state index contributed by atoms with van der Waals surface area (Å²) in [4.78, 5) is 0. The molecule has 0 heterocycles. The van der Waals surface area contributed by atoms with E-state index in [2.05, 4.69) is 13.2 Å². The molecule has 0 aliphatic rings. The summed E-state index contributed by atoms with van der Waals surface area (Å²) >= 11 is 0. The fourth-order valence-electron chi connectivity index (χ4n) is 0. The van der Waals surface area contributed by atoms with E-state index in [1.165, 1.54) is 6.01 Å². The molecule has 0 aromatic heterocycles.